The Kier molecular flexibility index (Phi) is 5.30. The number of halogens is 3. The molecule has 0 saturated heterocycles. The van der Waals surface area contributed by atoms with E-state index in [-0.39, 0.29) is 17.7 Å². The summed E-state index contributed by atoms with van der Waals surface area (Å²) in [6.45, 7) is 7.77. The van der Waals surface area contributed by atoms with E-state index in [1.165, 1.54) is 12.1 Å². The van der Waals surface area contributed by atoms with Crippen molar-refractivity contribution in [3.05, 3.63) is 52.7 Å². The third-order valence-electron chi connectivity index (χ3n) is 4.19. The molecule has 26 heavy (non-hydrogen) atoms. The number of anilines is 2. The van der Waals surface area contributed by atoms with E-state index in [9.17, 15) is 13.2 Å². The van der Waals surface area contributed by atoms with Gasteiger partial charge in [-0.1, -0.05) is 52.0 Å². The zero-order valence-corrected chi connectivity index (χ0v) is 15.2. The van der Waals surface area contributed by atoms with Crippen LogP contribution in [0.3, 0.4) is 0 Å². The van der Waals surface area contributed by atoms with Gasteiger partial charge >= 0.3 is 6.18 Å². The predicted molar refractivity (Wildman–Crippen MR) is 98.4 cm³/mol. The normalized spacial score (nSPS) is 12.9. The molecule has 0 spiro atoms. The molecule has 140 valence electrons. The average molecular weight is 364 g/mol. The highest BCUT2D eigenvalue weighted by Gasteiger charge is 2.30. The van der Waals surface area contributed by atoms with Gasteiger partial charge in [0.15, 0.2) is 0 Å². The van der Waals surface area contributed by atoms with Gasteiger partial charge in [0.2, 0.25) is 5.95 Å². The van der Waals surface area contributed by atoms with Gasteiger partial charge in [-0.3, -0.25) is 0 Å². The van der Waals surface area contributed by atoms with Gasteiger partial charge in [-0.25, -0.2) is 4.98 Å². The SMILES string of the molecule is CC(C)c1nc(N)nc(N)c1/C=C/C(C)(C)c1ccc(C(F)(F)F)cc1. The van der Waals surface area contributed by atoms with Crippen LogP contribution in [-0.2, 0) is 11.6 Å². The van der Waals surface area contributed by atoms with Gasteiger partial charge in [0.05, 0.1) is 11.3 Å². The molecule has 1 aromatic heterocycles. The Bertz CT molecular complexity index is 807. The molecule has 2 rings (SSSR count). The molecule has 0 aliphatic heterocycles. The van der Waals surface area contributed by atoms with Gasteiger partial charge in [-0.05, 0) is 23.6 Å². The summed E-state index contributed by atoms with van der Waals surface area (Å²) in [6.07, 6.45) is -0.658. The molecule has 0 atom stereocenters. The summed E-state index contributed by atoms with van der Waals surface area (Å²) in [5.41, 5.74) is 12.6. The topological polar surface area (TPSA) is 77.8 Å². The zero-order valence-electron chi connectivity index (χ0n) is 15.2. The number of allylic oxidation sites excluding steroid dienone is 1. The van der Waals surface area contributed by atoms with Crippen molar-refractivity contribution in [1.82, 2.24) is 9.97 Å². The Balaban J connectivity index is 2.38. The molecule has 2 aromatic rings. The quantitative estimate of drug-likeness (QED) is 0.819. The lowest BCUT2D eigenvalue weighted by molar-refractivity contribution is -0.137. The average Bonchev–Trinajstić information content (AvgIpc) is 2.52. The van der Waals surface area contributed by atoms with Crippen molar-refractivity contribution >= 4 is 17.8 Å². The molecule has 0 unspecified atom stereocenters. The van der Waals surface area contributed by atoms with Crippen LogP contribution in [0.4, 0.5) is 24.9 Å². The molecule has 1 aromatic carbocycles. The van der Waals surface area contributed by atoms with Crippen molar-refractivity contribution in [1.29, 1.82) is 0 Å². The summed E-state index contributed by atoms with van der Waals surface area (Å²) in [5.74, 6) is 0.488. The van der Waals surface area contributed by atoms with E-state index in [4.69, 9.17) is 11.5 Å². The second kappa shape index (κ2) is 6.97. The van der Waals surface area contributed by atoms with E-state index in [2.05, 4.69) is 9.97 Å². The van der Waals surface area contributed by atoms with Crippen LogP contribution in [0.1, 0.15) is 56.0 Å². The number of nitrogens with two attached hydrogens (primary N) is 2. The smallest absolute Gasteiger partial charge is 0.383 e. The fourth-order valence-electron chi connectivity index (χ4n) is 2.61. The van der Waals surface area contributed by atoms with Crippen molar-refractivity contribution in [3.63, 3.8) is 0 Å². The van der Waals surface area contributed by atoms with Gasteiger partial charge in [0.1, 0.15) is 5.82 Å². The zero-order chi connectivity index (χ0) is 19.7. The minimum absolute atomic E-state index is 0.0939. The molecule has 0 aliphatic rings. The first-order valence-electron chi connectivity index (χ1n) is 8.21. The lowest BCUT2D eigenvalue weighted by Crippen LogP contribution is -2.15. The molecule has 0 radical (unpaired) electrons. The van der Waals surface area contributed by atoms with E-state index < -0.39 is 17.2 Å². The minimum atomic E-state index is -4.35. The van der Waals surface area contributed by atoms with Crippen LogP contribution in [0.25, 0.3) is 6.08 Å². The molecule has 0 aliphatic carbocycles. The molecule has 1 heterocycles. The second-order valence-electron chi connectivity index (χ2n) is 7.05. The predicted octanol–water partition coefficient (Wildman–Crippen LogP) is 4.77. The fraction of sp³-hybridized carbons (Fsp3) is 0.368. The number of alkyl halides is 3. The molecule has 0 fully saturated rings. The summed E-state index contributed by atoms with van der Waals surface area (Å²) in [5, 5.41) is 0. The Labute approximate surface area is 151 Å². The molecular formula is C19H23F3N4. The first-order chi connectivity index (χ1) is 11.9. The summed E-state index contributed by atoms with van der Waals surface area (Å²) in [4.78, 5) is 8.25. The highest BCUT2D eigenvalue weighted by Crippen LogP contribution is 2.33. The molecule has 4 N–H and O–H groups in total. The maximum absolute atomic E-state index is 12.7. The third-order valence-corrected chi connectivity index (χ3v) is 4.19. The Hall–Kier alpha value is -2.57. The van der Waals surface area contributed by atoms with Crippen LogP contribution in [0, 0.1) is 0 Å². The van der Waals surface area contributed by atoms with Crippen LogP contribution in [0.15, 0.2) is 30.3 Å². The number of rotatable bonds is 4. The number of aromatic nitrogens is 2. The monoisotopic (exact) mass is 364 g/mol. The van der Waals surface area contributed by atoms with E-state index in [1.54, 1.807) is 0 Å². The lowest BCUT2D eigenvalue weighted by Gasteiger charge is -2.22. The number of hydrogen-bond acceptors (Lipinski definition) is 4. The molecule has 0 amide bonds. The number of hydrogen-bond donors (Lipinski definition) is 2. The largest absolute Gasteiger partial charge is 0.416 e. The van der Waals surface area contributed by atoms with Crippen molar-refractivity contribution < 1.29 is 13.2 Å². The van der Waals surface area contributed by atoms with E-state index in [0.717, 1.165) is 23.4 Å². The van der Waals surface area contributed by atoms with Gasteiger partial charge in [0, 0.05) is 11.0 Å². The summed E-state index contributed by atoms with van der Waals surface area (Å²) in [6, 6.07) is 5.15. The maximum Gasteiger partial charge on any atom is 0.416 e. The highest BCUT2D eigenvalue weighted by molar-refractivity contribution is 5.66. The Morgan fingerprint density at radius 3 is 2.00 bits per heavy atom. The van der Waals surface area contributed by atoms with E-state index in [1.807, 2.05) is 39.8 Å². The summed E-state index contributed by atoms with van der Waals surface area (Å²) < 4.78 is 38.2. The van der Waals surface area contributed by atoms with Gasteiger partial charge in [-0.2, -0.15) is 18.2 Å². The molecular weight excluding hydrogens is 341 g/mol. The number of nitrogen functional groups attached to an aromatic ring is 2. The van der Waals surface area contributed by atoms with Crippen LogP contribution in [0.5, 0.6) is 0 Å². The van der Waals surface area contributed by atoms with Gasteiger partial charge in [-0.15, -0.1) is 0 Å². The van der Waals surface area contributed by atoms with E-state index in [0.29, 0.717) is 5.56 Å². The minimum Gasteiger partial charge on any atom is -0.383 e. The van der Waals surface area contributed by atoms with Gasteiger partial charge in [0.25, 0.3) is 0 Å². The second-order valence-corrected chi connectivity index (χ2v) is 7.05. The molecule has 4 nitrogen and oxygen atoms in total. The van der Waals surface area contributed by atoms with Crippen LogP contribution >= 0.6 is 0 Å². The van der Waals surface area contributed by atoms with Crippen molar-refractivity contribution in [3.8, 4) is 0 Å². The lowest BCUT2D eigenvalue weighted by atomic mass is 9.83. The maximum atomic E-state index is 12.7. The van der Waals surface area contributed by atoms with Crippen LogP contribution in [0.2, 0.25) is 0 Å². The third kappa shape index (κ3) is 4.33. The Morgan fingerprint density at radius 1 is 0.962 bits per heavy atom. The first-order valence-corrected chi connectivity index (χ1v) is 8.21. The highest BCUT2D eigenvalue weighted by atomic mass is 19.4. The molecule has 0 bridgehead atoms. The standard InChI is InChI=1S/C19H23F3N4/c1-11(2)15-14(16(23)26-17(24)25-15)9-10-18(3,4)12-5-7-13(8-6-12)19(20,21)22/h5-11H,1-4H3,(H4,23,24,25,26)/b10-9+. The number of nitrogens with zero attached hydrogens (tertiary/aromatic N) is 2. The Morgan fingerprint density at radius 2 is 1.50 bits per heavy atom. The first kappa shape index (κ1) is 19.8. The van der Waals surface area contributed by atoms with Crippen LogP contribution in [-0.4, -0.2) is 9.97 Å². The van der Waals surface area contributed by atoms with Crippen LogP contribution < -0.4 is 11.5 Å². The fourth-order valence-corrected chi connectivity index (χ4v) is 2.61. The van der Waals surface area contributed by atoms with Crippen molar-refractivity contribution in [2.75, 3.05) is 11.5 Å². The van der Waals surface area contributed by atoms with Gasteiger partial charge < -0.3 is 11.5 Å². The number of benzene rings is 1. The summed E-state index contributed by atoms with van der Waals surface area (Å²) >= 11 is 0. The molecule has 7 heteroatoms. The van der Waals surface area contributed by atoms with Crippen molar-refractivity contribution in [2.24, 2.45) is 0 Å². The summed E-state index contributed by atoms with van der Waals surface area (Å²) in [7, 11) is 0. The van der Waals surface area contributed by atoms with Crippen molar-refractivity contribution in [2.45, 2.75) is 45.2 Å². The molecule has 0 saturated carbocycles. The van der Waals surface area contributed by atoms with E-state index >= 15 is 0 Å².